The topological polar surface area (TPSA) is 9.23 Å². The van der Waals surface area contributed by atoms with Crippen LogP contribution in [0, 0.1) is 17.7 Å². The number of rotatable bonds is 7. The molecule has 0 saturated heterocycles. The molecule has 0 spiro atoms. The fourth-order valence-corrected chi connectivity index (χ4v) is 3.40. The first kappa shape index (κ1) is 19.1. The zero-order chi connectivity index (χ0) is 17.6. The lowest BCUT2D eigenvalue weighted by Crippen LogP contribution is -2.20. The van der Waals surface area contributed by atoms with Crippen molar-refractivity contribution in [1.29, 1.82) is 0 Å². The quantitative estimate of drug-likeness (QED) is 0.399. The van der Waals surface area contributed by atoms with Crippen molar-refractivity contribution in [2.75, 3.05) is 6.61 Å². The molecule has 0 atom stereocenters. The minimum Gasteiger partial charge on any atom is -0.493 e. The molecule has 5 heteroatoms. The molecule has 1 aliphatic rings. The summed E-state index contributed by atoms with van der Waals surface area (Å²) in [7, 11) is 0. The van der Waals surface area contributed by atoms with E-state index >= 15 is 0 Å². The smallest absolute Gasteiger partial charge is 0.419 e. The predicted octanol–water partition coefficient (Wildman–Crippen LogP) is 6.61. The van der Waals surface area contributed by atoms with E-state index in [0.29, 0.717) is 12.5 Å². The summed E-state index contributed by atoms with van der Waals surface area (Å²) in [6.07, 6.45) is 4.88. The average molecular weight is 346 g/mol. The molecular weight excluding hydrogens is 320 g/mol. The van der Waals surface area contributed by atoms with Gasteiger partial charge in [0.1, 0.15) is 11.6 Å². The first-order valence-corrected chi connectivity index (χ1v) is 8.89. The lowest BCUT2D eigenvalue weighted by Gasteiger charge is -2.28. The summed E-state index contributed by atoms with van der Waals surface area (Å²) in [5, 5.41) is 0. The summed E-state index contributed by atoms with van der Waals surface area (Å²) < 4.78 is 56.9. The Balaban J connectivity index is 1.79. The number of benzene rings is 1. The molecule has 1 fully saturated rings. The third-order valence-electron chi connectivity index (χ3n) is 4.91. The van der Waals surface area contributed by atoms with Crippen LogP contribution in [-0.4, -0.2) is 6.61 Å². The Morgan fingerprint density at radius 3 is 2.33 bits per heavy atom. The van der Waals surface area contributed by atoms with Gasteiger partial charge < -0.3 is 4.74 Å². The number of unbranched alkanes of at least 4 members (excludes halogenated alkanes) is 2. The highest BCUT2D eigenvalue weighted by Gasteiger charge is 2.34. The Kier molecular flexibility index (Phi) is 6.93. The zero-order valence-electron chi connectivity index (χ0n) is 14.2. The van der Waals surface area contributed by atoms with Gasteiger partial charge in [0.2, 0.25) is 0 Å². The Hall–Kier alpha value is -1.26. The van der Waals surface area contributed by atoms with E-state index in [1.807, 2.05) is 0 Å². The molecule has 0 amide bonds. The van der Waals surface area contributed by atoms with Gasteiger partial charge in [0.15, 0.2) is 0 Å². The van der Waals surface area contributed by atoms with Crippen LogP contribution >= 0.6 is 0 Å². The highest BCUT2D eigenvalue weighted by atomic mass is 19.4. The van der Waals surface area contributed by atoms with E-state index in [-0.39, 0.29) is 5.75 Å². The molecule has 1 aromatic rings. The van der Waals surface area contributed by atoms with Crippen molar-refractivity contribution in [2.24, 2.45) is 11.8 Å². The molecule has 1 aromatic carbocycles. The molecule has 1 nitrogen and oxygen atoms in total. The maximum absolute atomic E-state index is 13.3. The first-order valence-electron chi connectivity index (χ1n) is 8.89. The van der Waals surface area contributed by atoms with Crippen LogP contribution in [0.3, 0.4) is 0 Å². The van der Waals surface area contributed by atoms with E-state index in [1.54, 1.807) is 0 Å². The van der Waals surface area contributed by atoms with Crippen LogP contribution in [0.4, 0.5) is 17.6 Å². The Morgan fingerprint density at radius 1 is 1.04 bits per heavy atom. The fourth-order valence-electron chi connectivity index (χ4n) is 3.40. The van der Waals surface area contributed by atoms with Gasteiger partial charge in [0, 0.05) is 0 Å². The van der Waals surface area contributed by atoms with Crippen molar-refractivity contribution in [3.8, 4) is 5.75 Å². The standard InChI is InChI=1S/C19H26F4O/c1-2-3-4-5-14-6-8-15(9-7-14)13-24-16-10-11-18(20)17(12-16)19(21,22)23/h10-12,14-15H,2-9,13H2,1H3. The van der Waals surface area contributed by atoms with Crippen molar-refractivity contribution in [3.05, 3.63) is 29.6 Å². The molecular formula is C19H26F4O. The van der Waals surface area contributed by atoms with Crippen LogP contribution in [-0.2, 0) is 6.18 Å². The monoisotopic (exact) mass is 346 g/mol. The van der Waals surface area contributed by atoms with E-state index in [1.165, 1.54) is 44.6 Å². The molecule has 0 unspecified atom stereocenters. The summed E-state index contributed by atoms with van der Waals surface area (Å²) in [6.45, 7) is 2.61. The van der Waals surface area contributed by atoms with Gasteiger partial charge in [-0.05, 0) is 42.9 Å². The van der Waals surface area contributed by atoms with E-state index in [2.05, 4.69) is 6.92 Å². The second-order valence-electron chi connectivity index (χ2n) is 6.83. The first-order chi connectivity index (χ1) is 11.4. The Morgan fingerprint density at radius 2 is 1.71 bits per heavy atom. The molecule has 2 rings (SSSR count). The largest absolute Gasteiger partial charge is 0.493 e. The van der Waals surface area contributed by atoms with E-state index in [4.69, 9.17) is 4.74 Å². The summed E-state index contributed by atoms with van der Waals surface area (Å²) >= 11 is 0. The SMILES string of the molecule is CCCCCC1CCC(COc2ccc(F)c(C(F)(F)F)c2)CC1. The van der Waals surface area contributed by atoms with Crippen molar-refractivity contribution >= 4 is 0 Å². The highest BCUT2D eigenvalue weighted by molar-refractivity contribution is 5.31. The van der Waals surface area contributed by atoms with Crippen LogP contribution in [0.15, 0.2) is 18.2 Å². The van der Waals surface area contributed by atoms with Crippen molar-refractivity contribution in [1.82, 2.24) is 0 Å². The molecule has 136 valence electrons. The second kappa shape index (κ2) is 8.72. The summed E-state index contributed by atoms with van der Waals surface area (Å²) in [6, 6.07) is 2.84. The van der Waals surface area contributed by atoms with E-state index in [0.717, 1.165) is 30.9 Å². The van der Waals surface area contributed by atoms with Gasteiger partial charge in [0.05, 0.1) is 12.2 Å². The molecule has 0 aliphatic heterocycles. The molecule has 24 heavy (non-hydrogen) atoms. The molecule has 0 heterocycles. The third kappa shape index (κ3) is 5.67. The minimum absolute atomic E-state index is 0.0915. The lowest BCUT2D eigenvalue weighted by atomic mass is 9.80. The molecule has 0 N–H and O–H groups in total. The molecule has 1 aliphatic carbocycles. The Bertz CT molecular complexity index is 505. The van der Waals surface area contributed by atoms with Crippen molar-refractivity contribution in [2.45, 2.75) is 64.5 Å². The van der Waals surface area contributed by atoms with Gasteiger partial charge >= 0.3 is 6.18 Å². The fraction of sp³-hybridized carbons (Fsp3) is 0.684. The molecule has 1 saturated carbocycles. The maximum Gasteiger partial charge on any atom is 0.419 e. The second-order valence-corrected chi connectivity index (χ2v) is 6.83. The number of hydrogen-bond donors (Lipinski definition) is 0. The molecule has 0 aromatic heterocycles. The van der Waals surface area contributed by atoms with Crippen LogP contribution in [0.2, 0.25) is 0 Å². The van der Waals surface area contributed by atoms with Crippen molar-refractivity contribution in [3.63, 3.8) is 0 Å². The summed E-state index contributed by atoms with van der Waals surface area (Å²) in [5.74, 6) is -0.00139. The van der Waals surface area contributed by atoms with Crippen molar-refractivity contribution < 1.29 is 22.3 Å². The van der Waals surface area contributed by atoms with Gasteiger partial charge in [-0.25, -0.2) is 4.39 Å². The summed E-state index contributed by atoms with van der Waals surface area (Å²) in [5.41, 5.74) is -1.26. The van der Waals surface area contributed by atoms with Gasteiger partial charge in [-0.2, -0.15) is 13.2 Å². The van der Waals surface area contributed by atoms with E-state index < -0.39 is 17.6 Å². The van der Waals surface area contributed by atoms with E-state index in [9.17, 15) is 17.6 Å². The van der Waals surface area contributed by atoms with Crippen LogP contribution in [0.25, 0.3) is 0 Å². The predicted molar refractivity (Wildman–Crippen MR) is 86.5 cm³/mol. The average Bonchev–Trinajstić information content (AvgIpc) is 2.54. The molecule has 0 radical (unpaired) electrons. The number of hydrogen-bond acceptors (Lipinski definition) is 1. The zero-order valence-corrected chi connectivity index (χ0v) is 14.2. The van der Waals surface area contributed by atoms with Gasteiger partial charge in [-0.1, -0.05) is 45.4 Å². The van der Waals surface area contributed by atoms with Gasteiger partial charge in [-0.3, -0.25) is 0 Å². The normalized spacial score (nSPS) is 21.7. The van der Waals surface area contributed by atoms with Crippen LogP contribution in [0.1, 0.15) is 63.9 Å². The van der Waals surface area contributed by atoms with Crippen LogP contribution < -0.4 is 4.74 Å². The van der Waals surface area contributed by atoms with Gasteiger partial charge in [-0.15, -0.1) is 0 Å². The Labute approximate surface area is 141 Å². The highest BCUT2D eigenvalue weighted by Crippen LogP contribution is 2.35. The van der Waals surface area contributed by atoms with Crippen LogP contribution in [0.5, 0.6) is 5.75 Å². The number of alkyl halides is 3. The lowest BCUT2D eigenvalue weighted by molar-refractivity contribution is -0.140. The summed E-state index contributed by atoms with van der Waals surface area (Å²) in [4.78, 5) is 0. The number of halogens is 4. The maximum atomic E-state index is 13.3. The third-order valence-corrected chi connectivity index (χ3v) is 4.91. The van der Waals surface area contributed by atoms with Gasteiger partial charge in [0.25, 0.3) is 0 Å². The number of ether oxygens (including phenoxy) is 1. The molecule has 0 bridgehead atoms. The minimum atomic E-state index is -4.69.